The molecule has 2 aliphatic heterocycles. The molecule has 2 aliphatic carbocycles. The van der Waals surface area contributed by atoms with Gasteiger partial charge in [-0.05, 0) is 105 Å². The van der Waals surface area contributed by atoms with Crippen LogP contribution in [0.25, 0.3) is 22.3 Å². The predicted octanol–water partition coefficient (Wildman–Crippen LogP) is 7.23. The monoisotopic (exact) mass is 736 g/mol. The Morgan fingerprint density at radius 1 is 0.491 bits per heavy atom. The Labute approximate surface area is 304 Å². The van der Waals surface area contributed by atoms with E-state index in [1.807, 2.05) is 24.3 Å². The zero-order valence-corrected chi connectivity index (χ0v) is 28.8. The molecule has 0 radical (unpaired) electrons. The second kappa shape index (κ2) is 14.5. The van der Waals surface area contributed by atoms with E-state index >= 15 is 0 Å². The van der Waals surface area contributed by atoms with E-state index < -0.39 is 45.6 Å². The topological polar surface area (TPSA) is 55.4 Å². The fourth-order valence-electron chi connectivity index (χ4n) is 8.30. The number of fused-ring (bicyclic) bond motifs is 10. The fraction of sp³-hybridized carbons (Fsp3) is 0.385. The van der Waals surface area contributed by atoms with Crippen LogP contribution in [0.15, 0.2) is 72.8 Å². The minimum Gasteiger partial charge on any atom is -0.405 e. The van der Waals surface area contributed by atoms with Crippen molar-refractivity contribution in [2.24, 2.45) is 0 Å². The van der Waals surface area contributed by atoms with Crippen LogP contribution in [0.1, 0.15) is 59.1 Å². The largest absolute Gasteiger partial charge is 0.522 e. The first-order chi connectivity index (χ1) is 25.5. The van der Waals surface area contributed by atoms with Crippen LogP contribution >= 0.6 is 0 Å². The van der Waals surface area contributed by atoms with Crippen LogP contribution in [-0.2, 0) is 46.3 Å². The average Bonchev–Trinajstić information content (AvgIpc) is 3.94. The number of unbranched alkanes of at least 4 members (excludes halogenated alkanes) is 2. The lowest BCUT2D eigenvalue weighted by atomic mass is 9.66. The van der Waals surface area contributed by atoms with Gasteiger partial charge in [-0.2, -0.15) is 0 Å². The summed E-state index contributed by atoms with van der Waals surface area (Å²) >= 11 is 0. The van der Waals surface area contributed by atoms with Crippen molar-refractivity contribution >= 4 is 25.2 Å². The molecule has 0 aromatic heterocycles. The first kappa shape index (κ1) is 36.3. The van der Waals surface area contributed by atoms with E-state index in [2.05, 4.69) is 58.0 Å². The quantitative estimate of drug-likeness (QED) is 0.0752. The maximum absolute atomic E-state index is 12.6. The van der Waals surface area contributed by atoms with Crippen LogP contribution in [0.3, 0.4) is 0 Å². The van der Waals surface area contributed by atoms with Crippen molar-refractivity contribution in [2.45, 2.75) is 56.7 Å². The van der Waals surface area contributed by atoms with Crippen LogP contribution in [-0.4, -0.2) is 66.6 Å². The molecule has 4 aliphatic rings. The maximum Gasteiger partial charge on any atom is 0.522 e. The molecule has 2 saturated heterocycles. The Hall–Kier alpha value is -3.65. The minimum atomic E-state index is -4.66. The van der Waals surface area contributed by atoms with Crippen molar-refractivity contribution < 1.29 is 54.4 Å². The van der Waals surface area contributed by atoms with Crippen LogP contribution < -0.4 is 10.9 Å². The van der Waals surface area contributed by atoms with Gasteiger partial charge in [0, 0.05) is 0 Å². The lowest BCUT2D eigenvalue weighted by molar-refractivity contribution is -0.325. The van der Waals surface area contributed by atoms with Gasteiger partial charge in [0.15, 0.2) is 0 Å². The molecule has 53 heavy (non-hydrogen) atoms. The molecule has 8 rings (SSSR count). The van der Waals surface area contributed by atoms with Crippen molar-refractivity contribution in [3.63, 3.8) is 0 Å². The lowest BCUT2D eigenvalue weighted by Crippen LogP contribution is -2.35. The molecule has 0 N–H and O–H groups in total. The molecule has 4 aromatic rings. The second-order valence-electron chi connectivity index (χ2n) is 13.8. The van der Waals surface area contributed by atoms with Gasteiger partial charge < -0.3 is 18.6 Å². The van der Waals surface area contributed by atoms with Gasteiger partial charge in [0.05, 0.1) is 45.1 Å². The molecule has 0 bridgehead atoms. The molecule has 0 amide bonds. The summed E-state index contributed by atoms with van der Waals surface area (Å²) < 4.78 is 108. The second-order valence-corrected chi connectivity index (χ2v) is 13.8. The van der Waals surface area contributed by atoms with Crippen molar-refractivity contribution in [1.82, 2.24) is 0 Å². The Morgan fingerprint density at radius 3 is 1.23 bits per heavy atom. The van der Waals surface area contributed by atoms with Gasteiger partial charge in [-0.3, -0.25) is 9.47 Å². The van der Waals surface area contributed by atoms with E-state index in [1.165, 1.54) is 0 Å². The summed E-state index contributed by atoms with van der Waals surface area (Å²) in [5, 5.41) is 0. The number of benzene rings is 4. The van der Waals surface area contributed by atoms with Crippen molar-refractivity contribution in [2.75, 3.05) is 39.6 Å². The molecule has 14 heteroatoms. The molecule has 0 atom stereocenters. The number of hydrogen-bond acceptors (Lipinski definition) is 6. The summed E-state index contributed by atoms with van der Waals surface area (Å²) in [7, 11) is -1.04. The summed E-state index contributed by atoms with van der Waals surface area (Å²) in [6, 6.07) is 25.2. The molecule has 2 fully saturated rings. The number of hydrogen-bond donors (Lipinski definition) is 0. The van der Waals surface area contributed by atoms with Crippen LogP contribution in [0.5, 0.6) is 0 Å². The van der Waals surface area contributed by atoms with Crippen molar-refractivity contribution in [3.05, 3.63) is 106 Å². The summed E-state index contributed by atoms with van der Waals surface area (Å²) in [4.78, 5) is 0. The highest BCUT2D eigenvalue weighted by Gasteiger charge is 2.53. The molecule has 6 nitrogen and oxygen atoms in total. The molecule has 4 aromatic carbocycles. The number of aryl methyl sites for hydroxylation is 2. The van der Waals surface area contributed by atoms with Gasteiger partial charge in [-0.1, -0.05) is 72.8 Å². The highest BCUT2D eigenvalue weighted by atomic mass is 19.4. The van der Waals surface area contributed by atoms with Crippen molar-refractivity contribution in [3.8, 4) is 22.3 Å². The van der Waals surface area contributed by atoms with E-state index in [0.29, 0.717) is 52.1 Å². The number of halogens is 6. The Bertz CT molecular complexity index is 1830. The average molecular weight is 736 g/mol. The number of ether oxygens (including phenoxy) is 2. The third kappa shape index (κ3) is 7.17. The molecular formula is C39H36B2F6O6. The standard InChI is InChI=1S/C39H36B2F6O6/c42-38(43,44)48-15-3-1-5-25-7-11-29-30-12-8-26(6-2-4-16-49-39(45,46)47)22-34(30)37(33(29)21-25)35-23-27(40-50-17-18-51-40)9-13-31(35)32-14-10-28(24-36(32)37)41-52-19-20-53-41/h7-14,21-24H,1-6,15-20H2. The maximum atomic E-state index is 12.6. The van der Waals surface area contributed by atoms with E-state index in [1.54, 1.807) is 0 Å². The Morgan fingerprint density at radius 2 is 0.849 bits per heavy atom. The minimum absolute atomic E-state index is 0.250. The van der Waals surface area contributed by atoms with Gasteiger partial charge in [0.25, 0.3) is 0 Å². The molecular weight excluding hydrogens is 700 g/mol. The highest BCUT2D eigenvalue weighted by molar-refractivity contribution is 6.62. The van der Waals surface area contributed by atoms with Gasteiger partial charge >= 0.3 is 27.0 Å². The van der Waals surface area contributed by atoms with Gasteiger partial charge in [0.2, 0.25) is 0 Å². The van der Waals surface area contributed by atoms with Crippen molar-refractivity contribution in [1.29, 1.82) is 0 Å². The van der Waals surface area contributed by atoms with Crippen LogP contribution in [0, 0.1) is 0 Å². The molecule has 2 heterocycles. The third-order valence-electron chi connectivity index (χ3n) is 10.5. The van der Waals surface area contributed by atoms with Gasteiger partial charge in [0.1, 0.15) is 0 Å². The third-order valence-corrected chi connectivity index (χ3v) is 10.5. The summed E-state index contributed by atoms with van der Waals surface area (Å²) in [6.45, 7) is 1.13. The van der Waals surface area contributed by atoms with Gasteiger partial charge in [-0.15, -0.1) is 26.3 Å². The number of alkyl halides is 6. The summed E-state index contributed by atoms with van der Waals surface area (Å²) in [6.07, 6.45) is -6.70. The zero-order valence-electron chi connectivity index (χ0n) is 28.8. The zero-order chi connectivity index (χ0) is 36.8. The fourth-order valence-corrected chi connectivity index (χ4v) is 8.30. The van der Waals surface area contributed by atoms with E-state index in [9.17, 15) is 26.3 Å². The highest BCUT2D eigenvalue weighted by Crippen LogP contribution is 2.62. The molecule has 0 saturated carbocycles. The summed E-state index contributed by atoms with van der Waals surface area (Å²) in [5.41, 5.74) is 11.3. The van der Waals surface area contributed by atoms with Crippen LogP contribution in [0.2, 0.25) is 0 Å². The smallest absolute Gasteiger partial charge is 0.405 e. The first-order valence-electron chi connectivity index (χ1n) is 18.0. The molecule has 276 valence electrons. The van der Waals surface area contributed by atoms with Gasteiger partial charge in [-0.25, -0.2) is 0 Å². The van der Waals surface area contributed by atoms with Crippen LogP contribution in [0.4, 0.5) is 26.3 Å². The Kier molecular flexibility index (Phi) is 9.97. The molecule has 1 spiro atoms. The SMILES string of the molecule is FC(F)(F)OCCCCc1ccc2c(c1)C1(c3cc(CCCCOC(F)(F)F)ccc3-2)c2cc(B3OCCO3)ccc2-c2ccc(B3OCCO3)cc21. The normalized spacial score (nSPS) is 17.1. The molecule has 0 unspecified atom stereocenters. The Balaban J connectivity index is 1.25. The lowest BCUT2D eigenvalue weighted by Gasteiger charge is -2.32. The predicted molar refractivity (Wildman–Crippen MR) is 187 cm³/mol. The van der Waals surface area contributed by atoms with E-state index in [4.69, 9.17) is 18.6 Å². The number of rotatable bonds is 12. The van der Waals surface area contributed by atoms with E-state index in [-0.39, 0.29) is 12.8 Å². The summed E-state index contributed by atoms with van der Waals surface area (Å²) in [5.74, 6) is 0. The van der Waals surface area contributed by atoms with E-state index in [0.717, 1.165) is 66.6 Å². The first-order valence-corrected chi connectivity index (χ1v) is 18.0.